The van der Waals surface area contributed by atoms with E-state index in [4.69, 9.17) is 4.42 Å². The van der Waals surface area contributed by atoms with Crippen molar-refractivity contribution in [2.75, 3.05) is 4.90 Å². The molecule has 2 aromatic heterocycles. The fourth-order valence-electron chi connectivity index (χ4n) is 12.4. The minimum absolute atomic E-state index is 0.0371. The molecule has 0 bridgehead atoms. The van der Waals surface area contributed by atoms with Crippen LogP contribution < -0.4 is 4.90 Å². The topological polar surface area (TPSA) is 24.6 Å². The van der Waals surface area contributed by atoms with Crippen molar-refractivity contribution < 1.29 is 4.42 Å². The van der Waals surface area contributed by atoms with Crippen LogP contribution in [0.15, 0.2) is 185 Å². The van der Waals surface area contributed by atoms with Crippen LogP contribution in [0.2, 0.25) is 0 Å². The lowest BCUT2D eigenvalue weighted by molar-refractivity contribution is 0.255. The molecule has 320 valence electrons. The average molecular weight is 838 g/mol. The van der Waals surface area contributed by atoms with Crippen molar-refractivity contribution in [2.45, 2.75) is 90.6 Å². The smallest absolute Gasteiger partial charge is 0.141 e. The van der Waals surface area contributed by atoms with Gasteiger partial charge in [-0.2, -0.15) is 0 Å². The van der Waals surface area contributed by atoms with Crippen LogP contribution in [0, 0.1) is 23.2 Å². The van der Waals surface area contributed by atoms with Gasteiger partial charge in [0.25, 0.3) is 0 Å². The Morgan fingerprint density at radius 3 is 2.33 bits per heavy atom. The van der Waals surface area contributed by atoms with Crippen molar-refractivity contribution in [3.8, 4) is 0 Å². The van der Waals surface area contributed by atoms with E-state index in [1.807, 2.05) is 0 Å². The van der Waals surface area contributed by atoms with Crippen LogP contribution in [-0.4, -0.2) is 20.5 Å². The highest BCUT2D eigenvalue weighted by Crippen LogP contribution is 2.60. The van der Waals surface area contributed by atoms with Gasteiger partial charge in [-0.3, -0.25) is 0 Å². The van der Waals surface area contributed by atoms with E-state index in [0.717, 1.165) is 43.3 Å². The van der Waals surface area contributed by atoms with E-state index >= 15 is 0 Å². The molecule has 4 heteroatoms. The molecule has 7 atom stereocenters. The summed E-state index contributed by atoms with van der Waals surface area (Å²) in [5.41, 5.74) is 13.2. The van der Waals surface area contributed by atoms with Crippen LogP contribution in [0.4, 0.5) is 11.4 Å². The largest absolute Gasteiger partial charge is 0.456 e. The third-order valence-electron chi connectivity index (χ3n) is 16.2. The van der Waals surface area contributed by atoms with Crippen molar-refractivity contribution in [3.63, 3.8) is 0 Å². The fourth-order valence-corrected chi connectivity index (χ4v) is 12.4. The summed E-state index contributed by atoms with van der Waals surface area (Å²) in [5.74, 6) is 1.72. The number of anilines is 2. The molecular formula is C60H59N3O. The van der Waals surface area contributed by atoms with Gasteiger partial charge in [-0.1, -0.05) is 137 Å². The Labute approximate surface area is 378 Å². The van der Waals surface area contributed by atoms with Gasteiger partial charge in [-0.25, -0.2) is 0 Å². The molecule has 0 radical (unpaired) electrons. The van der Waals surface area contributed by atoms with Gasteiger partial charge in [0.15, 0.2) is 0 Å². The van der Waals surface area contributed by atoms with E-state index in [1.165, 1.54) is 72.2 Å². The maximum absolute atomic E-state index is 6.75. The van der Waals surface area contributed by atoms with Crippen LogP contribution >= 0.6 is 0 Å². The van der Waals surface area contributed by atoms with Crippen LogP contribution in [0.25, 0.3) is 49.4 Å². The Bertz CT molecular complexity index is 3220. The standard InChI is InChI=1S/C60H59N3O/c1-39-14-11-17-42(36-39)58(4)32-28-44(29-33-58)62(45-18-12-15-40(2)37-45)59(5)34-30-43(31-35-59)61-52-22-9-7-19-47(52)50-38-46(24-26-53(50)61)63-54-27-25-49-48-20-8-10-23-55(48)64-57(49)56(54)51-21-13-16-41(3)60(51,63)6/h7-14,17-32,34,37-41,51H,15-16,33,35-36H2,1-6H3. The third kappa shape index (κ3) is 5.80. The number of allylic oxidation sites excluding steroid dienone is 13. The molecule has 6 aliphatic rings. The first-order valence-corrected chi connectivity index (χ1v) is 23.8. The first-order chi connectivity index (χ1) is 31.0. The summed E-state index contributed by atoms with van der Waals surface area (Å²) in [4.78, 5) is 5.28. The minimum atomic E-state index is -0.251. The predicted octanol–water partition coefficient (Wildman–Crippen LogP) is 16.0. The Morgan fingerprint density at radius 2 is 1.53 bits per heavy atom. The van der Waals surface area contributed by atoms with Gasteiger partial charge in [-0.15, -0.1) is 0 Å². The number of aromatic nitrogens is 1. The molecule has 6 aromatic rings. The van der Waals surface area contributed by atoms with Gasteiger partial charge >= 0.3 is 0 Å². The van der Waals surface area contributed by atoms with Crippen LogP contribution in [0.5, 0.6) is 0 Å². The van der Waals surface area contributed by atoms with Crippen LogP contribution in [0.3, 0.4) is 0 Å². The number of nitrogens with zero attached hydrogens (tertiary/aromatic N) is 3. The maximum atomic E-state index is 6.75. The lowest BCUT2D eigenvalue weighted by Gasteiger charge is -2.46. The third-order valence-corrected chi connectivity index (χ3v) is 16.2. The summed E-state index contributed by atoms with van der Waals surface area (Å²) < 4.78 is 9.25. The number of benzene rings is 4. The maximum Gasteiger partial charge on any atom is 0.141 e. The summed E-state index contributed by atoms with van der Waals surface area (Å²) in [5, 5.41) is 4.94. The van der Waals surface area contributed by atoms with E-state index in [2.05, 4.69) is 220 Å². The molecule has 0 amide bonds. The minimum Gasteiger partial charge on any atom is -0.456 e. The molecule has 5 aliphatic carbocycles. The van der Waals surface area contributed by atoms with Crippen molar-refractivity contribution in [1.29, 1.82) is 0 Å². The van der Waals surface area contributed by atoms with Gasteiger partial charge in [0.1, 0.15) is 11.2 Å². The highest BCUT2D eigenvalue weighted by Gasteiger charge is 2.53. The summed E-state index contributed by atoms with van der Waals surface area (Å²) in [7, 11) is 0. The first kappa shape index (κ1) is 39.3. The number of para-hydroxylation sites is 2. The quantitative estimate of drug-likeness (QED) is 0.156. The van der Waals surface area contributed by atoms with Crippen molar-refractivity contribution in [2.24, 2.45) is 23.2 Å². The van der Waals surface area contributed by atoms with Gasteiger partial charge in [0.2, 0.25) is 0 Å². The predicted molar refractivity (Wildman–Crippen MR) is 270 cm³/mol. The second kappa shape index (κ2) is 14.4. The Morgan fingerprint density at radius 1 is 0.703 bits per heavy atom. The monoisotopic (exact) mass is 837 g/mol. The highest BCUT2D eigenvalue weighted by atomic mass is 16.3. The highest BCUT2D eigenvalue weighted by molar-refractivity contribution is 6.12. The van der Waals surface area contributed by atoms with Gasteiger partial charge in [0.05, 0.1) is 22.1 Å². The lowest BCUT2D eigenvalue weighted by Crippen LogP contribution is -2.49. The van der Waals surface area contributed by atoms with E-state index in [1.54, 1.807) is 0 Å². The first-order valence-electron chi connectivity index (χ1n) is 23.8. The number of hydrogen-bond donors (Lipinski definition) is 0. The number of furan rings is 1. The SMILES string of the molecule is CC1C=C(N(C2=CCC(C)(C3=CC=CC(C)C3)C=C2)C2(C)C=CC(n3c4ccccc4c4cc(N5c6ccc7c(oc8ccccc87)c6C6C=CCC(C)C65C)ccc43)=CC2)C=CC1. The van der Waals surface area contributed by atoms with E-state index in [-0.39, 0.29) is 22.4 Å². The molecule has 0 N–H and O–H groups in total. The second-order valence-corrected chi connectivity index (χ2v) is 20.5. The summed E-state index contributed by atoms with van der Waals surface area (Å²) >= 11 is 0. The Hall–Kier alpha value is -6.26. The number of rotatable bonds is 6. The number of hydrogen-bond acceptors (Lipinski definition) is 3. The van der Waals surface area contributed by atoms with E-state index < -0.39 is 0 Å². The molecule has 1 aliphatic heterocycles. The Kier molecular flexibility index (Phi) is 8.84. The van der Waals surface area contributed by atoms with Crippen LogP contribution in [-0.2, 0) is 0 Å². The van der Waals surface area contributed by atoms with Gasteiger partial charge in [0, 0.05) is 66.9 Å². The number of fused-ring (bicyclic) bond motifs is 10. The zero-order chi connectivity index (χ0) is 43.5. The molecule has 4 nitrogen and oxygen atoms in total. The molecule has 0 fully saturated rings. The lowest BCUT2D eigenvalue weighted by atomic mass is 9.70. The zero-order valence-corrected chi connectivity index (χ0v) is 38.2. The van der Waals surface area contributed by atoms with E-state index in [9.17, 15) is 0 Å². The molecule has 3 heterocycles. The molecular weight excluding hydrogens is 779 g/mol. The average Bonchev–Trinajstić information content (AvgIpc) is 3.93. The fraction of sp³-hybridized carbons (Fsp3) is 0.300. The summed E-state index contributed by atoms with van der Waals surface area (Å²) in [6, 6.07) is 29.3. The zero-order valence-electron chi connectivity index (χ0n) is 38.2. The van der Waals surface area contributed by atoms with Crippen molar-refractivity contribution in [3.05, 3.63) is 186 Å². The summed E-state index contributed by atoms with van der Waals surface area (Å²) in [6.45, 7) is 14.4. The molecule has 12 rings (SSSR count). The molecule has 0 saturated carbocycles. The van der Waals surface area contributed by atoms with E-state index in [0.29, 0.717) is 17.8 Å². The van der Waals surface area contributed by atoms with Crippen molar-refractivity contribution >= 4 is 60.8 Å². The molecule has 64 heavy (non-hydrogen) atoms. The molecule has 7 unspecified atom stereocenters. The summed E-state index contributed by atoms with van der Waals surface area (Å²) in [6.07, 6.45) is 38.9. The molecule has 0 spiro atoms. The molecule has 0 saturated heterocycles. The normalized spacial score (nSPS) is 29.6. The second-order valence-electron chi connectivity index (χ2n) is 20.5. The molecule has 4 aromatic carbocycles. The Balaban J connectivity index is 0.929. The van der Waals surface area contributed by atoms with Crippen molar-refractivity contribution in [1.82, 2.24) is 9.47 Å². The van der Waals surface area contributed by atoms with Gasteiger partial charge < -0.3 is 18.8 Å². The van der Waals surface area contributed by atoms with Crippen LogP contribution in [0.1, 0.15) is 85.1 Å². The van der Waals surface area contributed by atoms with Gasteiger partial charge in [-0.05, 0) is 124 Å².